The van der Waals surface area contributed by atoms with Crippen molar-refractivity contribution in [1.82, 2.24) is 0 Å². The van der Waals surface area contributed by atoms with Crippen molar-refractivity contribution in [3.63, 3.8) is 0 Å². The summed E-state index contributed by atoms with van der Waals surface area (Å²) in [6.45, 7) is 5.69. The van der Waals surface area contributed by atoms with E-state index in [1.165, 1.54) is 32.1 Å². The summed E-state index contributed by atoms with van der Waals surface area (Å²) in [5.74, 6) is 2.67. The molecule has 0 radical (unpaired) electrons. The summed E-state index contributed by atoms with van der Waals surface area (Å²) in [4.78, 5) is 14.6. The van der Waals surface area contributed by atoms with E-state index >= 15 is 0 Å². The summed E-state index contributed by atoms with van der Waals surface area (Å²) in [5.41, 5.74) is 3.03. The Kier molecular flexibility index (Phi) is 4.77. The minimum Gasteiger partial charge on any atom is -0.444 e. The molecule has 4 nitrogen and oxygen atoms in total. The first kappa shape index (κ1) is 20.8. The lowest BCUT2D eigenvalue weighted by molar-refractivity contribution is -0.0657. The molecule has 1 amide bonds. The molecule has 1 heterocycles. The van der Waals surface area contributed by atoms with Crippen LogP contribution in [0.4, 0.5) is 10.5 Å². The molecule has 32 heavy (non-hydrogen) atoms. The zero-order valence-electron chi connectivity index (χ0n) is 19.5. The Morgan fingerprint density at radius 3 is 2.59 bits per heavy atom. The lowest BCUT2D eigenvalue weighted by atomic mass is 9.47. The minimum atomic E-state index is -0.180. The van der Waals surface area contributed by atoms with Crippen LogP contribution >= 0.6 is 0 Å². The molecular weight excluding hydrogens is 398 g/mol. The van der Waals surface area contributed by atoms with E-state index in [1.54, 1.807) is 5.57 Å². The standard InChI is InChI=1S/C28H37NO3/c1-27-14-12-20(30)16-18(27)8-9-21-22-10-11-24(28(22,2)15-13-23(21)27)25-17-29(26(31)32-25)19-6-4-3-5-7-19/h3-8,20-25,30H,9-17H2,1-2H3/t20?,21-,22-,23+,24?,25?,27-,28-/m0/s1. The summed E-state index contributed by atoms with van der Waals surface area (Å²) in [7, 11) is 0. The summed E-state index contributed by atoms with van der Waals surface area (Å²) in [6.07, 6.45) is 11.3. The number of ether oxygens (including phenoxy) is 1. The monoisotopic (exact) mass is 435 g/mol. The van der Waals surface area contributed by atoms with E-state index in [0.29, 0.717) is 12.5 Å². The Morgan fingerprint density at radius 2 is 1.78 bits per heavy atom. The zero-order valence-corrected chi connectivity index (χ0v) is 19.5. The second-order valence-corrected chi connectivity index (χ2v) is 11.8. The largest absolute Gasteiger partial charge is 0.444 e. The van der Waals surface area contributed by atoms with Gasteiger partial charge in [0.2, 0.25) is 0 Å². The molecule has 0 aromatic heterocycles. The number of allylic oxidation sites excluding steroid dienone is 1. The quantitative estimate of drug-likeness (QED) is 0.584. The number of fused-ring (bicyclic) bond motifs is 5. The van der Waals surface area contributed by atoms with Crippen LogP contribution in [0.5, 0.6) is 0 Å². The molecule has 6 rings (SSSR count). The van der Waals surface area contributed by atoms with Crippen molar-refractivity contribution in [2.24, 2.45) is 34.5 Å². The number of cyclic esters (lactones) is 1. The average Bonchev–Trinajstić information content (AvgIpc) is 3.34. The number of aliphatic hydroxyl groups is 1. The van der Waals surface area contributed by atoms with Gasteiger partial charge in [0.1, 0.15) is 6.10 Å². The van der Waals surface area contributed by atoms with Crippen molar-refractivity contribution in [1.29, 1.82) is 0 Å². The van der Waals surface area contributed by atoms with Crippen molar-refractivity contribution in [3.8, 4) is 0 Å². The molecule has 1 aromatic carbocycles. The summed E-state index contributed by atoms with van der Waals surface area (Å²) >= 11 is 0. The Morgan fingerprint density at radius 1 is 1.00 bits per heavy atom. The van der Waals surface area contributed by atoms with Crippen LogP contribution in [-0.2, 0) is 4.74 Å². The highest BCUT2D eigenvalue weighted by molar-refractivity contribution is 5.89. The second-order valence-electron chi connectivity index (χ2n) is 11.8. The van der Waals surface area contributed by atoms with Gasteiger partial charge >= 0.3 is 6.09 Å². The number of aliphatic hydroxyl groups excluding tert-OH is 1. The summed E-state index contributed by atoms with van der Waals surface area (Å²) in [6, 6.07) is 9.96. The van der Waals surface area contributed by atoms with Crippen LogP contribution in [0.1, 0.15) is 65.2 Å². The van der Waals surface area contributed by atoms with Gasteiger partial charge in [-0.15, -0.1) is 0 Å². The molecule has 172 valence electrons. The van der Waals surface area contributed by atoms with Crippen LogP contribution in [0.15, 0.2) is 42.0 Å². The maximum Gasteiger partial charge on any atom is 0.414 e. The number of nitrogens with zero attached hydrogens (tertiary/aromatic N) is 1. The molecule has 5 aliphatic rings. The molecule has 1 aliphatic heterocycles. The van der Waals surface area contributed by atoms with Gasteiger partial charge in [-0.05, 0) is 92.1 Å². The van der Waals surface area contributed by atoms with Gasteiger partial charge in [0.25, 0.3) is 0 Å². The summed E-state index contributed by atoms with van der Waals surface area (Å²) in [5, 5.41) is 10.2. The van der Waals surface area contributed by atoms with Gasteiger partial charge in [-0.1, -0.05) is 43.7 Å². The number of benzene rings is 1. The van der Waals surface area contributed by atoms with E-state index in [-0.39, 0.29) is 29.1 Å². The maximum absolute atomic E-state index is 12.7. The van der Waals surface area contributed by atoms with Crippen molar-refractivity contribution < 1.29 is 14.6 Å². The number of hydrogen-bond acceptors (Lipinski definition) is 3. The number of hydrogen-bond donors (Lipinski definition) is 1. The van der Waals surface area contributed by atoms with Crippen molar-refractivity contribution in [2.75, 3.05) is 11.4 Å². The normalized spacial score (nSPS) is 45.5. The number of carbonyl (C=O) groups is 1. The van der Waals surface area contributed by atoms with E-state index in [4.69, 9.17) is 4.74 Å². The SMILES string of the molecule is C[C@]12CCC(O)CC1=CC[C@@H]1[C@H]2CC[C@]2(C)C(C3CN(c4ccccc4)C(=O)O3)CC[C@@H]12. The van der Waals surface area contributed by atoms with Crippen LogP contribution in [0.2, 0.25) is 0 Å². The molecular formula is C28H37NO3. The predicted molar refractivity (Wildman–Crippen MR) is 125 cm³/mol. The van der Waals surface area contributed by atoms with Gasteiger partial charge in [-0.3, -0.25) is 4.90 Å². The Bertz CT molecular complexity index is 928. The Balaban J connectivity index is 1.24. The molecule has 3 saturated carbocycles. The highest BCUT2D eigenvalue weighted by Gasteiger charge is 2.61. The van der Waals surface area contributed by atoms with Crippen LogP contribution in [0, 0.1) is 34.5 Å². The molecule has 3 unspecified atom stereocenters. The fraction of sp³-hybridized carbons (Fsp3) is 0.679. The van der Waals surface area contributed by atoms with E-state index < -0.39 is 0 Å². The lowest BCUT2D eigenvalue weighted by Crippen LogP contribution is -2.51. The fourth-order valence-electron chi connectivity index (χ4n) is 8.81. The van der Waals surface area contributed by atoms with Crippen LogP contribution in [0.25, 0.3) is 0 Å². The lowest BCUT2D eigenvalue weighted by Gasteiger charge is -2.58. The number of para-hydroxylation sites is 1. The smallest absolute Gasteiger partial charge is 0.414 e. The highest BCUT2D eigenvalue weighted by atomic mass is 16.6. The van der Waals surface area contributed by atoms with Crippen molar-refractivity contribution >= 4 is 11.8 Å². The zero-order chi connectivity index (χ0) is 22.1. The number of anilines is 1. The fourth-order valence-corrected chi connectivity index (χ4v) is 8.81. The van der Waals surface area contributed by atoms with E-state index in [2.05, 4.69) is 19.9 Å². The van der Waals surface area contributed by atoms with Gasteiger partial charge in [0.05, 0.1) is 12.6 Å². The number of amides is 1. The Labute approximate surface area is 192 Å². The molecule has 8 atom stereocenters. The van der Waals surface area contributed by atoms with E-state index in [1.807, 2.05) is 35.2 Å². The van der Waals surface area contributed by atoms with Gasteiger partial charge in [-0.2, -0.15) is 0 Å². The molecule has 4 heteroatoms. The molecule has 4 fully saturated rings. The first-order valence-electron chi connectivity index (χ1n) is 12.8. The molecule has 1 N–H and O–H groups in total. The third-order valence-corrected chi connectivity index (χ3v) is 10.5. The first-order valence-corrected chi connectivity index (χ1v) is 12.8. The molecule has 0 bridgehead atoms. The highest BCUT2D eigenvalue weighted by Crippen LogP contribution is 2.67. The Hall–Kier alpha value is -1.81. The molecule has 1 saturated heterocycles. The summed E-state index contributed by atoms with van der Waals surface area (Å²) < 4.78 is 6.03. The molecule has 0 spiro atoms. The van der Waals surface area contributed by atoms with Crippen LogP contribution < -0.4 is 4.90 Å². The van der Waals surface area contributed by atoms with Crippen LogP contribution in [0.3, 0.4) is 0 Å². The number of rotatable bonds is 2. The first-order chi connectivity index (χ1) is 15.4. The van der Waals surface area contributed by atoms with Crippen molar-refractivity contribution in [2.45, 2.75) is 77.4 Å². The van der Waals surface area contributed by atoms with Crippen molar-refractivity contribution in [3.05, 3.63) is 42.0 Å². The van der Waals surface area contributed by atoms with E-state index in [9.17, 15) is 9.90 Å². The van der Waals surface area contributed by atoms with E-state index in [0.717, 1.165) is 42.7 Å². The third-order valence-electron chi connectivity index (χ3n) is 10.5. The third kappa shape index (κ3) is 2.94. The second kappa shape index (κ2) is 7.35. The topological polar surface area (TPSA) is 49.8 Å². The number of carbonyl (C=O) groups excluding carboxylic acids is 1. The molecule has 4 aliphatic carbocycles. The maximum atomic E-state index is 12.7. The minimum absolute atomic E-state index is 0.00404. The predicted octanol–water partition coefficient (Wildman–Crippen LogP) is 5.95. The van der Waals surface area contributed by atoms with Gasteiger partial charge in [0.15, 0.2) is 0 Å². The van der Waals surface area contributed by atoms with Gasteiger partial charge in [0, 0.05) is 11.6 Å². The van der Waals surface area contributed by atoms with Gasteiger partial charge in [-0.25, -0.2) is 4.79 Å². The van der Waals surface area contributed by atoms with Crippen LogP contribution in [-0.4, -0.2) is 30.0 Å². The van der Waals surface area contributed by atoms with Gasteiger partial charge < -0.3 is 9.84 Å². The molecule has 1 aromatic rings. The average molecular weight is 436 g/mol.